The number of nitrogens with zero attached hydrogens (tertiary/aromatic N) is 7. The molecule has 7 N–H and O–H groups in total. The van der Waals surface area contributed by atoms with Crippen LogP contribution in [0.2, 0.25) is 0 Å². The number of nitrogens with two attached hydrogens (primary N) is 2. The van der Waals surface area contributed by atoms with E-state index in [-0.39, 0.29) is 34.0 Å². The first-order chi connectivity index (χ1) is 16.3. The number of carbonyl (C=O) groups is 3. The second-order valence-electron chi connectivity index (χ2n) is 7.53. The molecule has 0 radical (unpaired) electrons. The third kappa shape index (κ3) is 5.34. The Hall–Kier alpha value is -3.75. The second-order valence-corrected chi connectivity index (χ2v) is 9.71. The van der Waals surface area contributed by atoms with Gasteiger partial charge in [0.25, 0.3) is 11.8 Å². The van der Waals surface area contributed by atoms with Crippen molar-refractivity contribution in [2.24, 2.45) is 10.9 Å². The van der Waals surface area contributed by atoms with Gasteiger partial charge in [-0.25, -0.2) is 18.8 Å². The van der Waals surface area contributed by atoms with E-state index in [1.54, 1.807) is 0 Å². The van der Waals surface area contributed by atoms with Crippen molar-refractivity contribution in [1.82, 2.24) is 34.8 Å². The van der Waals surface area contributed by atoms with Crippen molar-refractivity contribution in [3.63, 3.8) is 0 Å². The number of rotatable bonds is 10. The molecule has 1 aliphatic heterocycles. The summed E-state index contributed by atoms with van der Waals surface area (Å²) in [6, 6.07) is -2.82. The Bertz CT molecular complexity index is 1290. The molecule has 0 unspecified atom stereocenters. The molecule has 2 aromatic heterocycles. The van der Waals surface area contributed by atoms with Gasteiger partial charge in [0.05, 0.1) is 19.1 Å². The van der Waals surface area contributed by atoms with Crippen molar-refractivity contribution in [3.8, 4) is 0 Å². The first kappa shape index (κ1) is 25.9. The van der Waals surface area contributed by atoms with Gasteiger partial charge in [0.2, 0.25) is 5.60 Å². The van der Waals surface area contributed by atoms with Crippen molar-refractivity contribution >= 4 is 50.3 Å². The summed E-state index contributed by atoms with van der Waals surface area (Å²) < 4.78 is 34.2. The summed E-state index contributed by atoms with van der Waals surface area (Å²) in [6.07, 6.45) is 0. The molecule has 0 aromatic carbocycles. The number of carboxylic acids is 1. The highest BCUT2D eigenvalue weighted by Gasteiger charge is 2.54. The molecule has 2 aromatic rings. The number of nitrogens with one attached hydrogen (secondary N) is 1. The quantitative estimate of drug-likeness (QED) is 0.0880. The number of thiazole rings is 1. The van der Waals surface area contributed by atoms with Crippen molar-refractivity contribution in [2.45, 2.75) is 44.6 Å². The number of aliphatic carboxylic acids is 1. The van der Waals surface area contributed by atoms with E-state index in [1.165, 1.54) is 19.2 Å². The molecule has 0 spiro atoms. The number of β-lactam (4-membered cyclic amide) rings is 1. The molecule has 1 fully saturated rings. The maximum atomic E-state index is 13.0. The molecule has 1 aliphatic rings. The maximum absolute atomic E-state index is 13.0. The number of hydrogen-bond donors (Lipinski definition) is 5. The number of carbonyl (C=O) groups excluding carboxylic acids is 2. The zero-order valence-corrected chi connectivity index (χ0v) is 19.7. The van der Waals surface area contributed by atoms with Gasteiger partial charge in [-0.3, -0.25) is 14.1 Å². The van der Waals surface area contributed by atoms with E-state index in [9.17, 15) is 32.5 Å². The maximum Gasteiger partial charge on any atom is 0.362 e. The first-order valence-corrected chi connectivity index (χ1v) is 11.8. The molecule has 3 heterocycles. The van der Waals surface area contributed by atoms with Gasteiger partial charge in [0, 0.05) is 5.38 Å². The average Bonchev–Trinajstić information content (AvgIpc) is 3.39. The molecule has 18 nitrogen and oxygen atoms in total. The number of oxime groups is 1. The van der Waals surface area contributed by atoms with E-state index in [4.69, 9.17) is 16.3 Å². The van der Waals surface area contributed by atoms with E-state index >= 15 is 0 Å². The molecule has 2 amide bonds. The van der Waals surface area contributed by atoms with Gasteiger partial charge in [-0.2, -0.15) is 8.42 Å². The monoisotopic (exact) mass is 532 g/mol. The Kier molecular flexibility index (Phi) is 7.01. The van der Waals surface area contributed by atoms with Crippen LogP contribution in [0.1, 0.15) is 25.4 Å². The van der Waals surface area contributed by atoms with Crippen molar-refractivity contribution in [3.05, 3.63) is 16.9 Å². The highest BCUT2D eigenvalue weighted by Crippen LogP contribution is 2.25. The fourth-order valence-electron chi connectivity index (χ4n) is 2.84. The Morgan fingerprint density at radius 3 is 2.63 bits per heavy atom. The molecule has 3 rings (SSSR count). The Labute approximate surface area is 200 Å². The highest BCUT2D eigenvalue weighted by molar-refractivity contribution is 7.84. The Morgan fingerprint density at radius 1 is 1.40 bits per heavy atom. The van der Waals surface area contributed by atoms with Gasteiger partial charge in [-0.05, 0) is 24.3 Å². The molecule has 2 atom stereocenters. The molecule has 0 saturated carbocycles. The van der Waals surface area contributed by atoms with E-state index in [0.717, 1.165) is 16.0 Å². The van der Waals surface area contributed by atoms with Crippen LogP contribution in [0.3, 0.4) is 0 Å². The predicted molar refractivity (Wildman–Crippen MR) is 116 cm³/mol. The smallest absolute Gasteiger partial charge is 0.362 e. The molecule has 190 valence electrons. The van der Waals surface area contributed by atoms with E-state index in [2.05, 4.69) is 31.0 Å². The number of aromatic nitrogens is 5. The minimum Gasteiger partial charge on any atom is -0.478 e. The SMILES string of the molecule is CC(C)(ON=C(C(=O)N[C@@H]1C(=O)N(S(=O)(=O)O)[C@H]1Cn1nnnc1CN)c1csc(N)n1)C(=O)O. The summed E-state index contributed by atoms with van der Waals surface area (Å²) in [5.41, 5.74) is 8.66. The number of hydrogen-bond acceptors (Lipinski definition) is 14. The fraction of sp³-hybridized carbons (Fsp3) is 0.467. The van der Waals surface area contributed by atoms with Crippen LogP contribution in [0.4, 0.5) is 5.13 Å². The Balaban J connectivity index is 1.90. The largest absolute Gasteiger partial charge is 0.478 e. The second kappa shape index (κ2) is 9.48. The van der Waals surface area contributed by atoms with Gasteiger partial charge in [-0.15, -0.1) is 16.4 Å². The van der Waals surface area contributed by atoms with Crippen molar-refractivity contribution in [2.75, 3.05) is 5.73 Å². The lowest BCUT2D eigenvalue weighted by Gasteiger charge is -2.43. The summed E-state index contributed by atoms with van der Waals surface area (Å²) in [5.74, 6) is -3.45. The molecule has 35 heavy (non-hydrogen) atoms. The third-order valence-corrected chi connectivity index (χ3v) is 6.33. The number of nitrogen functional groups attached to an aromatic ring is 1. The summed E-state index contributed by atoms with van der Waals surface area (Å²) in [6.45, 7) is 1.89. The van der Waals surface area contributed by atoms with Gasteiger partial charge < -0.3 is 26.7 Å². The lowest BCUT2D eigenvalue weighted by Crippen LogP contribution is -2.73. The van der Waals surface area contributed by atoms with E-state index in [1.807, 2.05) is 0 Å². The first-order valence-electron chi connectivity index (χ1n) is 9.54. The average molecular weight is 533 g/mol. The number of anilines is 1. The fourth-order valence-corrected chi connectivity index (χ4v) is 4.26. The summed E-state index contributed by atoms with van der Waals surface area (Å²) >= 11 is 0.949. The van der Waals surface area contributed by atoms with E-state index < -0.39 is 51.5 Å². The molecule has 0 aliphatic carbocycles. The lowest BCUT2D eigenvalue weighted by molar-refractivity contribution is -0.161. The molecular formula is C15H20N10O8S2. The Morgan fingerprint density at radius 2 is 2.09 bits per heavy atom. The van der Waals surface area contributed by atoms with Crippen LogP contribution in [0.25, 0.3) is 0 Å². The number of amides is 2. The minimum atomic E-state index is -4.99. The third-order valence-electron chi connectivity index (χ3n) is 4.71. The van der Waals surface area contributed by atoms with Crippen molar-refractivity contribution in [1.29, 1.82) is 0 Å². The van der Waals surface area contributed by atoms with Crippen LogP contribution in [0, 0.1) is 0 Å². The normalized spacial score (nSPS) is 18.8. The molecule has 20 heteroatoms. The van der Waals surface area contributed by atoms with Gasteiger partial charge in [0.15, 0.2) is 16.7 Å². The number of tetrazole rings is 1. The van der Waals surface area contributed by atoms with Crippen LogP contribution in [0.5, 0.6) is 0 Å². The van der Waals surface area contributed by atoms with Gasteiger partial charge >= 0.3 is 16.3 Å². The standard InChI is InChI=1S/C15H20N10O8S2/c1-15(2,13(28)29)33-21-9(6-5-34-14(17)18-6)11(26)19-10-7(25(12(10)27)35(30,31)32)4-24-8(3-16)20-22-23-24/h5,7,10H,3-4,16H2,1-2H3,(H2,17,18)(H,19,26)(H,28,29)(H,30,31,32)/t7-,10-/m0/s1. The summed E-state index contributed by atoms with van der Waals surface area (Å²) in [4.78, 5) is 45.7. The predicted octanol–water partition coefficient (Wildman–Crippen LogP) is -3.05. The lowest BCUT2D eigenvalue weighted by atomic mass is 9.98. The molecule has 1 saturated heterocycles. The van der Waals surface area contributed by atoms with Crippen LogP contribution in [-0.2, 0) is 42.6 Å². The zero-order valence-electron chi connectivity index (χ0n) is 18.1. The van der Waals surface area contributed by atoms with E-state index in [0.29, 0.717) is 0 Å². The van der Waals surface area contributed by atoms with Gasteiger partial charge in [0.1, 0.15) is 11.7 Å². The summed E-state index contributed by atoms with van der Waals surface area (Å²) in [7, 11) is -4.99. The zero-order chi connectivity index (χ0) is 26.1. The summed E-state index contributed by atoms with van der Waals surface area (Å²) in [5, 5.41) is 27.2. The van der Waals surface area contributed by atoms with Crippen LogP contribution in [-0.4, -0.2) is 88.8 Å². The van der Waals surface area contributed by atoms with Crippen LogP contribution < -0.4 is 16.8 Å². The molecular weight excluding hydrogens is 512 g/mol. The van der Waals surface area contributed by atoms with Crippen LogP contribution in [0.15, 0.2) is 10.5 Å². The highest BCUT2D eigenvalue weighted by atomic mass is 32.2. The molecule has 0 bridgehead atoms. The topological polar surface area (TPSA) is 271 Å². The van der Waals surface area contributed by atoms with Crippen molar-refractivity contribution < 1.29 is 37.3 Å². The number of carboxylic acid groups (broad SMARTS) is 1. The van der Waals surface area contributed by atoms with Crippen LogP contribution >= 0.6 is 11.3 Å². The minimum absolute atomic E-state index is 0.0566. The van der Waals surface area contributed by atoms with Gasteiger partial charge in [-0.1, -0.05) is 5.16 Å².